The fourth-order valence-corrected chi connectivity index (χ4v) is 2.51. The van der Waals surface area contributed by atoms with Crippen LogP contribution in [-0.2, 0) is 11.3 Å². The Bertz CT molecular complexity index is 707. The third kappa shape index (κ3) is 2.17. The van der Waals surface area contributed by atoms with Crippen molar-refractivity contribution in [3.05, 3.63) is 60.2 Å². The first-order valence-corrected chi connectivity index (χ1v) is 6.39. The second kappa shape index (κ2) is 4.73. The molecule has 0 saturated carbocycles. The van der Waals surface area contributed by atoms with Crippen molar-refractivity contribution in [1.29, 1.82) is 0 Å². The maximum absolute atomic E-state index is 11.2. The summed E-state index contributed by atoms with van der Waals surface area (Å²) in [6.07, 6.45) is 0. The molecule has 3 aromatic carbocycles. The highest BCUT2D eigenvalue weighted by atomic mass is 16.1. The van der Waals surface area contributed by atoms with E-state index in [2.05, 4.69) is 35.6 Å². The van der Waals surface area contributed by atoms with E-state index in [1.807, 2.05) is 24.3 Å². The van der Waals surface area contributed by atoms with Crippen LogP contribution in [0, 0.1) is 0 Å². The third-order valence-corrected chi connectivity index (χ3v) is 3.40. The van der Waals surface area contributed by atoms with E-state index in [-0.39, 0.29) is 5.91 Å². The highest BCUT2D eigenvalue weighted by Crippen LogP contribution is 2.28. The Kier molecular flexibility index (Phi) is 2.92. The van der Waals surface area contributed by atoms with Gasteiger partial charge in [0.25, 0.3) is 0 Å². The molecule has 0 spiro atoms. The molecule has 0 saturated heterocycles. The maximum atomic E-state index is 11.2. The van der Waals surface area contributed by atoms with Crippen molar-refractivity contribution < 1.29 is 4.79 Å². The second-order valence-electron chi connectivity index (χ2n) is 4.71. The number of rotatable bonds is 2. The van der Waals surface area contributed by atoms with Crippen molar-refractivity contribution in [1.82, 2.24) is 5.32 Å². The zero-order chi connectivity index (χ0) is 13.2. The van der Waals surface area contributed by atoms with Gasteiger partial charge in [-0.2, -0.15) is 0 Å². The predicted octanol–water partition coefficient (Wildman–Crippen LogP) is 3.63. The number of nitrogens with one attached hydrogen (secondary N) is 1. The molecule has 1 N–H and O–H groups in total. The molecule has 0 aliphatic heterocycles. The molecule has 3 rings (SSSR count). The smallest absolute Gasteiger partial charge is 0.217 e. The maximum Gasteiger partial charge on any atom is 0.217 e. The van der Waals surface area contributed by atoms with E-state index >= 15 is 0 Å². The number of fused-ring (bicyclic) bond motifs is 2. The van der Waals surface area contributed by atoms with Gasteiger partial charge in [0.2, 0.25) is 5.91 Å². The Morgan fingerprint density at radius 1 is 0.947 bits per heavy atom. The van der Waals surface area contributed by atoms with E-state index in [0.29, 0.717) is 6.54 Å². The Labute approximate surface area is 112 Å². The zero-order valence-corrected chi connectivity index (χ0v) is 10.8. The summed E-state index contributed by atoms with van der Waals surface area (Å²) < 4.78 is 0. The minimum absolute atomic E-state index is 0.00276. The van der Waals surface area contributed by atoms with Gasteiger partial charge in [-0.1, -0.05) is 48.5 Å². The van der Waals surface area contributed by atoms with E-state index in [1.165, 1.54) is 27.1 Å². The molecule has 0 heterocycles. The average Bonchev–Trinajstić information content (AvgIpc) is 2.43. The van der Waals surface area contributed by atoms with E-state index in [0.717, 1.165) is 0 Å². The first-order chi connectivity index (χ1) is 9.25. The highest BCUT2D eigenvalue weighted by Gasteiger charge is 2.07. The van der Waals surface area contributed by atoms with Gasteiger partial charge in [0.15, 0.2) is 0 Å². The summed E-state index contributed by atoms with van der Waals surface area (Å²) in [7, 11) is 0. The van der Waals surface area contributed by atoms with Crippen LogP contribution in [0.5, 0.6) is 0 Å². The van der Waals surface area contributed by atoms with Crippen molar-refractivity contribution in [2.45, 2.75) is 13.5 Å². The monoisotopic (exact) mass is 249 g/mol. The number of carbonyl (C=O) groups is 1. The lowest BCUT2D eigenvalue weighted by molar-refractivity contribution is -0.119. The van der Waals surface area contributed by atoms with Crippen LogP contribution in [0.15, 0.2) is 54.6 Å². The van der Waals surface area contributed by atoms with E-state index in [9.17, 15) is 4.79 Å². The largest absolute Gasteiger partial charge is 0.352 e. The molecule has 3 aromatic rings. The molecule has 0 bridgehead atoms. The molecule has 0 radical (unpaired) electrons. The molecule has 1 amide bonds. The zero-order valence-electron chi connectivity index (χ0n) is 10.8. The predicted molar refractivity (Wildman–Crippen MR) is 79.0 cm³/mol. The Balaban J connectivity index is 2.29. The minimum atomic E-state index is -0.00276. The van der Waals surface area contributed by atoms with Crippen LogP contribution in [0.25, 0.3) is 21.5 Å². The van der Waals surface area contributed by atoms with Crippen LogP contribution >= 0.6 is 0 Å². The Morgan fingerprint density at radius 3 is 2.00 bits per heavy atom. The van der Waals surface area contributed by atoms with Gasteiger partial charge in [-0.3, -0.25) is 4.79 Å². The van der Waals surface area contributed by atoms with Crippen molar-refractivity contribution in [3.63, 3.8) is 0 Å². The van der Waals surface area contributed by atoms with Gasteiger partial charge in [0, 0.05) is 13.5 Å². The van der Waals surface area contributed by atoms with Crippen LogP contribution in [0.4, 0.5) is 0 Å². The second-order valence-corrected chi connectivity index (χ2v) is 4.71. The van der Waals surface area contributed by atoms with Crippen molar-refractivity contribution >= 4 is 27.5 Å². The Hall–Kier alpha value is -2.35. The summed E-state index contributed by atoms with van der Waals surface area (Å²) in [5, 5.41) is 7.73. The van der Waals surface area contributed by atoms with Crippen LogP contribution in [-0.4, -0.2) is 5.91 Å². The van der Waals surface area contributed by atoms with E-state index in [4.69, 9.17) is 0 Å². The highest BCUT2D eigenvalue weighted by molar-refractivity contribution is 6.02. The molecule has 19 heavy (non-hydrogen) atoms. The van der Waals surface area contributed by atoms with Gasteiger partial charge < -0.3 is 5.32 Å². The average molecular weight is 249 g/mol. The first kappa shape index (κ1) is 11.7. The van der Waals surface area contributed by atoms with Crippen LogP contribution < -0.4 is 5.32 Å². The van der Waals surface area contributed by atoms with Gasteiger partial charge in [-0.05, 0) is 33.2 Å². The molecule has 0 fully saturated rings. The first-order valence-electron chi connectivity index (χ1n) is 6.39. The summed E-state index contributed by atoms with van der Waals surface area (Å²) in [6, 6.07) is 18.8. The Morgan fingerprint density at radius 2 is 1.47 bits per heavy atom. The molecular weight excluding hydrogens is 234 g/mol. The summed E-state index contributed by atoms with van der Waals surface area (Å²) in [5.41, 5.74) is 1.18. The van der Waals surface area contributed by atoms with Crippen molar-refractivity contribution in [3.8, 4) is 0 Å². The lowest BCUT2D eigenvalue weighted by Gasteiger charge is -2.11. The summed E-state index contributed by atoms with van der Waals surface area (Å²) in [6.45, 7) is 2.12. The topological polar surface area (TPSA) is 29.1 Å². The number of hydrogen-bond acceptors (Lipinski definition) is 1. The molecule has 0 aliphatic rings. The van der Waals surface area contributed by atoms with Gasteiger partial charge in [0.1, 0.15) is 0 Å². The molecular formula is C17H15NO. The molecule has 2 nitrogen and oxygen atoms in total. The van der Waals surface area contributed by atoms with Gasteiger partial charge in [-0.25, -0.2) is 0 Å². The van der Waals surface area contributed by atoms with Gasteiger partial charge in [0.05, 0.1) is 0 Å². The molecule has 94 valence electrons. The molecule has 0 atom stereocenters. The summed E-state index contributed by atoms with van der Waals surface area (Å²) in [4.78, 5) is 11.2. The fourth-order valence-electron chi connectivity index (χ4n) is 2.51. The third-order valence-electron chi connectivity index (χ3n) is 3.40. The number of hydrogen-bond donors (Lipinski definition) is 1. The van der Waals surface area contributed by atoms with Crippen LogP contribution in [0.1, 0.15) is 12.5 Å². The number of amides is 1. The minimum Gasteiger partial charge on any atom is -0.352 e. The molecule has 2 heteroatoms. The lowest BCUT2D eigenvalue weighted by Crippen LogP contribution is -2.19. The van der Waals surface area contributed by atoms with Crippen LogP contribution in [0.2, 0.25) is 0 Å². The SMILES string of the molecule is CC(=O)NCc1c2ccccc2cc2ccccc12. The number of carbonyl (C=O) groups excluding carboxylic acids is 1. The van der Waals surface area contributed by atoms with Crippen molar-refractivity contribution in [2.75, 3.05) is 0 Å². The normalized spacial score (nSPS) is 10.8. The van der Waals surface area contributed by atoms with Crippen LogP contribution in [0.3, 0.4) is 0 Å². The van der Waals surface area contributed by atoms with E-state index in [1.54, 1.807) is 6.92 Å². The fraction of sp³-hybridized carbons (Fsp3) is 0.118. The summed E-state index contributed by atoms with van der Waals surface area (Å²) in [5.74, 6) is -0.00276. The summed E-state index contributed by atoms with van der Waals surface area (Å²) >= 11 is 0. The molecule has 0 aliphatic carbocycles. The van der Waals surface area contributed by atoms with Gasteiger partial charge >= 0.3 is 0 Å². The van der Waals surface area contributed by atoms with E-state index < -0.39 is 0 Å². The lowest BCUT2D eigenvalue weighted by atomic mass is 9.97. The van der Waals surface area contributed by atoms with Crippen molar-refractivity contribution in [2.24, 2.45) is 0 Å². The molecule has 0 unspecified atom stereocenters. The molecule has 0 aromatic heterocycles. The number of benzene rings is 3. The van der Waals surface area contributed by atoms with Gasteiger partial charge in [-0.15, -0.1) is 0 Å². The standard InChI is InChI=1S/C17H15NO/c1-12(19)18-11-17-15-8-4-2-6-13(15)10-14-7-3-5-9-16(14)17/h2-10H,11H2,1H3,(H,18,19). The quantitative estimate of drug-likeness (QED) is 0.690.